The Labute approximate surface area is 127 Å². The summed E-state index contributed by atoms with van der Waals surface area (Å²) in [5.74, 6) is -0.460. The third-order valence-corrected chi connectivity index (χ3v) is 3.76. The summed E-state index contributed by atoms with van der Waals surface area (Å²) in [6.45, 7) is 9.22. The number of ether oxygens (including phenoxy) is 2. The number of methoxy groups -OCH3 is 1. The van der Waals surface area contributed by atoms with Gasteiger partial charge in [0, 0.05) is 39.1 Å². The third-order valence-electron chi connectivity index (χ3n) is 3.76. The standard InChI is InChI=1S/C15H28N2O4/c1-4-14(18)17(12-13(2)15(19)20-3)7-5-6-16-8-10-21-11-9-16/h13H,4-12H2,1-3H3. The van der Waals surface area contributed by atoms with E-state index >= 15 is 0 Å². The first-order valence-corrected chi connectivity index (χ1v) is 7.74. The molecule has 1 aliphatic heterocycles. The van der Waals surface area contributed by atoms with E-state index in [-0.39, 0.29) is 17.8 Å². The molecule has 122 valence electrons. The Kier molecular flexibility index (Phi) is 8.30. The summed E-state index contributed by atoms with van der Waals surface area (Å²) in [7, 11) is 1.38. The van der Waals surface area contributed by atoms with Crippen molar-refractivity contribution in [2.75, 3.05) is 53.0 Å². The second-order valence-electron chi connectivity index (χ2n) is 5.43. The SMILES string of the molecule is CCC(=O)N(CCCN1CCOCC1)CC(C)C(=O)OC. The van der Waals surface area contributed by atoms with Gasteiger partial charge in [0.1, 0.15) is 0 Å². The van der Waals surface area contributed by atoms with Gasteiger partial charge in [-0.05, 0) is 6.42 Å². The molecule has 1 rings (SSSR count). The Balaban J connectivity index is 2.38. The lowest BCUT2D eigenvalue weighted by atomic mass is 10.1. The lowest BCUT2D eigenvalue weighted by molar-refractivity contribution is -0.146. The van der Waals surface area contributed by atoms with E-state index < -0.39 is 0 Å². The van der Waals surface area contributed by atoms with Crippen molar-refractivity contribution in [3.8, 4) is 0 Å². The number of amides is 1. The third kappa shape index (κ3) is 6.44. The number of carbonyl (C=O) groups is 2. The zero-order valence-corrected chi connectivity index (χ0v) is 13.5. The average Bonchev–Trinajstić information content (AvgIpc) is 2.53. The number of rotatable bonds is 8. The molecular weight excluding hydrogens is 272 g/mol. The summed E-state index contributed by atoms with van der Waals surface area (Å²) < 4.78 is 10.0. The average molecular weight is 300 g/mol. The first-order valence-electron chi connectivity index (χ1n) is 7.74. The lowest BCUT2D eigenvalue weighted by Crippen LogP contribution is -2.40. The highest BCUT2D eigenvalue weighted by atomic mass is 16.5. The quantitative estimate of drug-likeness (QED) is 0.619. The van der Waals surface area contributed by atoms with Crippen LogP contribution in [0.5, 0.6) is 0 Å². The van der Waals surface area contributed by atoms with Gasteiger partial charge in [-0.1, -0.05) is 13.8 Å². The molecule has 0 N–H and O–H groups in total. The van der Waals surface area contributed by atoms with E-state index in [0.717, 1.165) is 39.3 Å². The smallest absolute Gasteiger partial charge is 0.310 e. The van der Waals surface area contributed by atoms with E-state index in [2.05, 4.69) is 4.90 Å². The molecule has 1 aliphatic rings. The first-order chi connectivity index (χ1) is 10.1. The zero-order valence-electron chi connectivity index (χ0n) is 13.5. The maximum Gasteiger partial charge on any atom is 0.310 e. The van der Waals surface area contributed by atoms with E-state index in [1.807, 2.05) is 6.92 Å². The molecule has 6 heteroatoms. The topological polar surface area (TPSA) is 59.1 Å². The van der Waals surface area contributed by atoms with Gasteiger partial charge in [0.05, 0.1) is 26.2 Å². The molecular formula is C15H28N2O4. The molecule has 0 aromatic rings. The van der Waals surface area contributed by atoms with Crippen molar-refractivity contribution in [1.82, 2.24) is 9.80 Å². The summed E-state index contributed by atoms with van der Waals surface area (Å²) in [4.78, 5) is 27.6. The summed E-state index contributed by atoms with van der Waals surface area (Å²) >= 11 is 0. The molecule has 21 heavy (non-hydrogen) atoms. The molecule has 0 aliphatic carbocycles. The molecule has 0 spiro atoms. The predicted molar refractivity (Wildman–Crippen MR) is 79.9 cm³/mol. The highest BCUT2D eigenvalue weighted by Crippen LogP contribution is 2.06. The van der Waals surface area contributed by atoms with Crippen molar-refractivity contribution in [1.29, 1.82) is 0 Å². The Bertz CT molecular complexity index is 330. The molecule has 0 saturated carbocycles. The molecule has 0 bridgehead atoms. The van der Waals surface area contributed by atoms with Crippen molar-refractivity contribution in [2.24, 2.45) is 5.92 Å². The summed E-state index contributed by atoms with van der Waals surface area (Å²) in [5.41, 5.74) is 0. The number of carbonyl (C=O) groups excluding carboxylic acids is 2. The van der Waals surface area contributed by atoms with Crippen molar-refractivity contribution in [3.05, 3.63) is 0 Å². The predicted octanol–water partition coefficient (Wildman–Crippen LogP) is 0.756. The van der Waals surface area contributed by atoms with Crippen LogP contribution < -0.4 is 0 Å². The number of esters is 1. The molecule has 6 nitrogen and oxygen atoms in total. The van der Waals surface area contributed by atoms with Crippen LogP contribution >= 0.6 is 0 Å². The number of hydrogen-bond donors (Lipinski definition) is 0. The van der Waals surface area contributed by atoms with Crippen molar-refractivity contribution in [3.63, 3.8) is 0 Å². The fourth-order valence-corrected chi connectivity index (χ4v) is 2.46. The fourth-order valence-electron chi connectivity index (χ4n) is 2.46. The van der Waals surface area contributed by atoms with Crippen LogP contribution in [0, 0.1) is 5.92 Å². The van der Waals surface area contributed by atoms with Crippen LogP contribution in [0.3, 0.4) is 0 Å². The monoisotopic (exact) mass is 300 g/mol. The van der Waals surface area contributed by atoms with Gasteiger partial charge >= 0.3 is 5.97 Å². The minimum absolute atomic E-state index is 0.0905. The summed E-state index contributed by atoms with van der Waals surface area (Å²) in [6.07, 6.45) is 1.38. The van der Waals surface area contributed by atoms with Crippen molar-refractivity contribution < 1.29 is 19.1 Å². The molecule has 0 radical (unpaired) electrons. The highest BCUT2D eigenvalue weighted by molar-refractivity contribution is 5.77. The van der Waals surface area contributed by atoms with E-state index in [1.165, 1.54) is 7.11 Å². The number of nitrogens with zero attached hydrogens (tertiary/aromatic N) is 2. The Hall–Kier alpha value is -1.14. The van der Waals surface area contributed by atoms with E-state index in [9.17, 15) is 9.59 Å². The largest absolute Gasteiger partial charge is 0.469 e. The van der Waals surface area contributed by atoms with E-state index in [1.54, 1.807) is 11.8 Å². The number of hydrogen-bond acceptors (Lipinski definition) is 5. The maximum absolute atomic E-state index is 12.0. The van der Waals surface area contributed by atoms with Crippen LogP contribution in [0.25, 0.3) is 0 Å². The minimum Gasteiger partial charge on any atom is -0.469 e. The van der Waals surface area contributed by atoms with Crippen molar-refractivity contribution >= 4 is 11.9 Å². The van der Waals surface area contributed by atoms with Crippen LogP contribution in [0.2, 0.25) is 0 Å². The molecule has 1 saturated heterocycles. The molecule has 0 aromatic heterocycles. The lowest BCUT2D eigenvalue weighted by Gasteiger charge is -2.29. The van der Waals surface area contributed by atoms with Gasteiger partial charge in [0.15, 0.2) is 0 Å². The maximum atomic E-state index is 12.0. The molecule has 1 unspecified atom stereocenters. The number of morpholine rings is 1. The van der Waals surface area contributed by atoms with Crippen molar-refractivity contribution in [2.45, 2.75) is 26.7 Å². The first kappa shape index (κ1) is 17.9. The summed E-state index contributed by atoms with van der Waals surface area (Å²) in [6, 6.07) is 0. The zero-order chi connectivity index (χ0) is 15.7. The second-order valence-corrected chi connectivity index (χ2v) is 5.43. The molecule has 1 atom stereocenters. The fraction of sp³-hybridized carbons (Fsp3) is 0.867. The highest BCUT2D eigenvalue weighted by Gasteiger charge is 2.20. The van der Waals surface area contributed by atoms with Crippen LogP contribution in [-0.2, 0) is 19.1 Å². The van der Waals surface area contributed by atoms with Gasteiger partial charge < -0.3 is 14.4 Å². The minimum atomic E-state index is -0.283. The molecule has 0 aromatic carbocycles. The van der Waals surface area contributed by atoms with Gasteiger partial charge in [0.25, 0.3) is 0 Å². The molecule has 1 fully saturated rings. The van der Waals surface area contributed by atoms with Crippen LogP contribution in [0.4, 0.5) is 0 Å². The van der Waals surface area contributed by atoms with Gasteiger partial charge in [-0.15, -0.1) is 0 Å². The van der Waals surface area contributed by atoms with Gasteiger partial charge in [-0.2, -0.15) is 0 Å². The summed E-state index contributed by atoms with van der Waals surface area (Å²) in [5, 5.41) is 0. The van der Waals surface area contributed by atoms with Crippen LogP contribution in [-0.4, -0.2) is 74.7 Å². The van der Waals surface area contributed by atoms with Gasteiger partial charge in [-0.3, -0.25) is 14.5 Å². The van der Waals surface area contributed by atoms with Gasteiger partial charge in [0.2, 0.25) is 5.91 Å². The van der Waals surface area contributed by atoms with E-state index in [4.69, 9.17) is 9.47 Å². The molecule has 1 heterocycles. The van der Waals surface area contributed by atoms with Gasteiger partial charge in [-0.25, -0.2) is 0 Å². The second kappa shape index (κ2) is 9.73. The van der Waals surface area contributed by atoms with E-state index in [0.29, 0.717) is 19.5 Å². The van der Waals surface area contributed by atoms with Crippen LogP contribution in [0.15, 0.2) is 0 Å². The Morgan fingerprint density at radius 2 is 2.00 bits per heavy atom. The Morgan fingerprint density at radius 3 is 2.57 bits per heavy atom. The molecule has 1 amide bonds. The Morgan fingerprint density at radius 1 is 1.33 bits per heavy atom. The normalized spacial score (nSPS) is 17.3. The van der Waals surface area contributed by atoms with Crippen LogP contribution in [0.1, 0.15) is 26.7 Å².